The Morgan fingerprint density at radius 2 is 1.70 bits per heavy atom. The summed E-state index contributed by atoms with van der Waals surface area (Å²) in [5, 5.41) is 5.53. The van der Waals surface area contributed by atoms with Crippen molar-refractivity contribution in [2.75, 3.05) is 10.6 Å². The number of nitrogens with one attached hydrogen (secondary N) is 2. The first-order chi connectivity index (χ1) is 9.54. The highest BCUT2D eigenvalue weighted by Gasteiger charge is 2.12. The van der Waals surface area contributed by atoms with Gasteiger partial charge in [0, 0.05) is 11.4 Å². The van der Waals surface area contributed by atoms with Gasteiger partial charge >= 0.3 is 0 Å². The van der Waals surface area contributed by atoms with Crippen LogP contribution in [-0.2, 0) is 4.79 Å². The number of halogens is 2. The van der Waals surface area contributed by atoms with Crippen LogP contribution in [0, 0.1) is 11.6 Å². The van der Waals surface area contributed by atoms with Crippen LogP contribution in [0.15, 0.2) is 48.5 Å². The summed E-state index contributed by atoms with van der Waals surface area (Å²) in [5.41, 5.74) is 1.02. The third kappa shape index (κ3) is 3.78. The summed E-state index contributed by atoms with van der Waals surface area (Å²) in [6, 6.07) is 10.8. The number of amides is 1. The molecule has 0 aliphatic carbocycles. The van der Waals surface area contributed by atoms with Gasteiger partial charge in [0.05, 0.1) is 0 Å². The average molecular weight is 276 g/mol. The molecule has 0 saturated carbocycles. The highest BCUT2D eigenvalue weighted by atomic mass is 19.1. The molecule has 0 aromatic heterocycles. The monoisotopic (exact) mass is 276 g/mol. The van der Waals surface area contributed by atoms with Crippen molar-refractivity contribution in [3.63, 3.8) is 0 Å². The molecule has 104 valence electrons. The molecule has 3 nitrogen and oxygen atoms in total. The third-order valence-electron chi connectivity index (χ3n) is 2.71. The molecule has 1 amide bonds. The van der Waals surface area contributed by atoms with Crippen molar-refractivity contribution in [3.8, 4) is 0 Å². The number of hydrogen-bond acceptors (Lipinski definition) is 2. The van der Waals surface area contributed by atoms with Gasteiger partial charge in [-0.1, -0.05) is 6.07 Å². The molecule has 20 heavy (non-hydrogen) atoms. The second kappa shape index (κ2) is 6.14. The number of hydrogen-bond donors (Lipinski definition) is 2. The van der Waals surface area contributed by atoms with Gasteiger partial charge in [0.25, 0.3) is 0 Å². The maximum Gasteiger partial charge on any atom is 0.246 e. The van der Waals surface area contributed by atoms with Crippen LogP contribution in [0.25, 0.3) is 0 Å². The van der Waals surface area contributed by atoms with Crippen molar-refractivity contribution in [1.82, 2.24) is 0 Å². The summed E-state index contributed by atoms with van der Waals surface area (Å²) in [6.07, 6.45) is 0. The lowest BCUT2D eigenvalue weighted by Gasteiger charge is -2.15. The highest BCUT2D eigenvalue weighted by molar-refractivity contribution is 5.96. The van der Waals surface area contributed by atoms with Crippen molar-refractivity contribution in [3.05, 3.63) is 60.2 Å². The highest BCUT2D eigenvalue weighted by Crippen LogP contribution is 2.12. The lowest BCUT2D eigenvalue weighted by atomic mass is 10.2. The van der Waals surface area contributed by atoms with Gasteiger partial charge in [-0.25, -0.2) is 8.78 Å². The zero-order valence-corrected chi connectivity index (χ0v) is 10.9. The summed E-state index contributed by atoms with van der Waals surface area (Å²) in [5.74, 6) is -1.06. The van der Waals surface area contributed by atoms with Crippen LogP contribution < -0.4 is 10.6 Å². The molecule has 0 heterocycles. The van der Waals surface area contributed by atoms with Gasteiger partial charge in [-0.2, -0.15) is 0 Å². The van der Waals surface area contributed by atoms with Crippen LogP contribution in [0.2, 0.25) is 0 Å². The maximum atomic E-state index is 13.0. The smallest absolute Gasteiger partial charge is 0.246 e. The topological polar surface area (TPSA) is 41.1 Å². The Morgan fingerprint density at radius 3 is 2.35 bits per heavy atom. The maximum absolute atomic E-state index is 13.0. The lowest BCUT2D eigenvalue weighted by Crippen LogP contribution is -2.31. The van der Waals surface area contributed by atoms with Gasteiger partial charge in [0.15, 0.2) is 0 Å². The van der Waals surface area contributed by atoms with Gasteiger partial charge in [0.2, 0.25) is 5.91 Å². The van der Waals surface area contributed by atoms with E-state index in [0.717, 1.165) is 0 Å². The molecule has 0 aliphatic heterocycles. The fraction of sp³-hybridized carbons (Fsp3) is 0.133. The first-order valence-electron chi connectivity index (χ1n) is 6.13. The molecule has 2 N–H and O–H groups in total. The Hall–Kier alpha value is -2.43. The molecule has 2 aromatic rings. The molecule has 0 fully saturated rings. The number of carbonyl (C=O) groups is 1. The molecule has 0 radical (unpaired) electrons. The van der Waals surface area contributed by atoms with Crippen LogP contribution in [0.3, 0.4) is 0 Å². The Bertz CT molecular complexity index is 599. The van der Waals surface area contributed by atoms with Gasteiger partial charge in [-0.05, 0) is 49.4 Å². The van der Waals surface area contributed by atoms with Crippen molar-refractivity contribution in [2.45, 2.75) is 13.0 Å². The van der Waals surface area contributed by atoms with E-state index in [4.69, 9.17) is 0 Å². The molecular weight excluding hydrogens is 262 g/mol. The Kier molecular flexibility index (Phi) is 4.30. The summed E-state index contributed by atoms with van der Waals surface area (Å²) in [7, 11) is 0. The minimum atomic E-state index is -0.538. The van der Waals surface area contributed by atoms with E-state index in [0.29, 0.717) is 11.4 Å². The molecule has 1 unspecified atom stereocenters. The molecule has 2 rings (SSSR count). The minimum absolute atomic E-state index is 0.306. The standard InChI is InChI=1S/C15H14F2N2O/c1-10(18-13-7-5-11(16)6-8-13)15(20)19-14-4-2-3-12(17)9-14/h2-10,18H,1H3,(H,19,20). The predicted molar refractivity (Wildman–Crippen MR) is 74.5 cm³/mol. The van der Waals surface area contributed by atoms with Crippen molar-refractivity contribution in [1.29, 1.82) is 0 Å². The lowest BCUT2D eigenvalue weighted by molar-refractivity contribution is -0.116. The zero-order chi connectivity index (χ0) is 14.5. The van der Waals surface area contributed by atoms with Crippen molar-refractivity contribution < 1.29 is 13.6 Å². The fourth-order valence-corrected chi connectivity index (χ4v) is 1.68. The molecule has 0 aliphatic rings. The number of rotatable bonds is 4. The molecule has 0 bridgehead atoms. The average Bonchev–Trinajstić information content (AvgIpc) is 2.41. The van der Waals surface area contributed by atoms with Gasteiger partial charge in [-0.3, -0.25) is 4.79 Å². The molecule has 0 spiro atoms. The summed E-state index contributed by atoms with van der Waals surface area (Å²) in [6.45, 7) is 1.66. The summed E-state index contributed by atoms with van der Waals surface area (Å²) >= 11 is 0. The normalized spacial score (nSPS) is 11.8. The van der Waals surface area contributed by atoms with Crippen LogP contribution in [0.5, 0.6) is 0 Å². The Labute approximate surface area is 115 Å². The molecule has 5 heteroatoms. The largest absolute Gasteiger partial charge is 0.374 e. The van der Waals surface area contributed by atoms with E-state index in [1.165, 1.54) is 30.3 Å². The number of anilines is 2. The second-order valence-electron chi connectivity index (χ2n) is 4.37. The Morgan fingerprint density at radius 1 is 1.00 bits per heavy atom. The quantitative estimate of drug-likeness (QED) is 0.898. The zero-order valence-electron chi connectivity index (χ0n) is 10.9. The first-order valence-corrected chi connectivity index (χ1v) is 6.13. The van der Waals surface area contributed by atoms with Crippen LogP contribution >= 0.6 is 0 Å². The van der Waals surface area contributed by atoms with Gasteiger partial charge in [-0.15, -0.1) is 0 Å². The molecule has 2 aromatic carbocycles. The van der Waals surface area contributed by atoms with E-state index in [9.17, 15) is 13.6 Å². The van der Waals surface area contributed by atoms with E-state index in [2.05, 4.69) is 10.6 Å². The van der Waals surface area contributed by atoms with Gasteiger partial charge in [0.1, 0.15) is 17.7 Å². The van der Waals surface area contributed by atoms with Crippen molar-refractivity contribution >= 4 is 17.3 Å². The molecule has 1 atom stereocenters. The third-order valence-corrected chi connectivity index (χ3v) is 2.71. The van der Waals surface area contributed by atoms with E-state index in [1.807, 2.05) is 0 Å². The van der Waals surface area contributed by atoms with Gasteiger partial charge < -0.3 is 10.6 Å². The van der Waals surface area contributed by atoms with Crippen LogP contribution in [0.4, 0.5) is 20.2 Å². The summed E-state index contributed by atoms with van der Waals surface area (Å²) in [4.78, 5) is 11.9. The first kappa shape index (κ1) is 14.0. The number of carbonyl (C=O) groups excluding carboxylic acids is 1. The van der Waals surface area contributed by atoms with Crippen LogP contribution in [-0.4, -0.2) is 11.9 Å². The van der Waals surface area contributed by atoms with E-state index in [-0.39, 0.29) is 11.7 Å². The van der Waals surface area contributed by atoms with E-state index in [1.54, 1.807) is 25.1 Å². The molecular formula is C15H14F2N2O. The summed E-state index contributed by atoms with van der Waals surface area (Å²) < 4.78 is 25.8. The van der Waals surface area contributed by atoms with E-state index < -0.39 is 11.9 Å². The second-order valence-corrected chi connectivity index (χ2v) is 4.37. The molecule has 0 saturated heterocycles. The number of benzene rings is 2. The SMILES string of the molecule is CC(Nc1ccc(F)cc1)C(=O)Nc1cccc(F)c1. The predicted octanol–water partition coefficient (Wildman–Crippen LogP) is 3.40. The van der Waals surface area contributed by atoms with Crippen LogP contribution in [0.1, 0.15) is 6.92 Å². The Balaban J connectivity index is 1.96. The fourth-order valence-electron chi connectivity index (χ4n) is 1.68. The van der Waals surface area contributed by atoms with E-state index >= 15 is 0 Å². The minimum Gasteiger partial charge on any atom is -0.374 e. The van der Waals surface area contributed by atoms with Crippen molar-refractivity contribution in [2.24, 2.45) is 0 Å².